The Labute approximate surface area is 130 Å². The Morgan fingerprint density at radius 1 is 1.14 bits per heavy atom. The molecule has 2 nitrogen and oxygen atoms in total. The normalized spacial score (nSPS) is 17.1. The molecule has 21 heavy (non-hydrogen) atoms. The molecule has 1 N–H and O–H groups in total. The van der Waals surface area contributed by atoms with E-state index < -0.39 is 0 Å². The van der Waals surface area contributed by atoms with Gasteiger partial charge >= 0.3 is 0 Å². The quantitative estimate of drug-likeness (QED) is 0.904. The molecule has 108 valence electrons. The van der Waals surface area contributed by atoms with Crippen LogP contribution >= 0.6 is 11.6 Å². The highest BCUT2D eigenvalue weighted by molar-refractivity contribution is 6.30. The third-order valence-corrected chi connectivity index (χ3v) is 4.24. The van der Waals surface area contributed by atoms with Crippen molar-refractivity contribution in [3.8, 4) is 5.75 Å². The predicted molar refractivity (Wildman–Crippen MR) is 87.9 cm³/mol. The Balaban J connectivity index is 2.09. The number of hydrogen-bond donors (Lipinski definition) is 1. The highest BCUT2D eigenvalue weighted by atomic mass is 35.5. The fourth-order valence-corrected chi connectivity index (χ4v) is 2.98. The second-order valence-corrected chi connectivity index (χ2v) is 5.59. The van der Waals surface area contributed by atoms with Crippen molar-refractivity contribution >= 4 is 17.2 Å². The third-order valence-electron chi connectivity index (χ3n) is 3.99. The van der Waals surface area contributed by atoms with E-state index in [0.717, 1.165) is 17.2 Å². The van der Waals surface area contributed by atoms with Gasteiger partial charge in [0.25, 0.3) is 0 Å². The monoisotopic (exact) mass is 299 g/mol. The predicted octanol–water partition coefficient (Wildman–Crippen LogP) is 4.44. The van der Waals surface area contributed by atoms with Crippen LogP contribution in [0.15, 0.2) is 48.5 Å². The van der Waals surface area contributed by atoms with Crippen molar-refractivity contribution in [2.45, 2.75) is 12.5 Å². The first kappa shape index (κ1) is 14.2. The van der Waals surface area contributed by atoms with Gasteiger partial charge in [0.1, 0.15) is 5.75 Å². The minimum Gasteiger partial charge on any atom is -0.497 e. The van der Waals surface area contributed by atoms with Crippen LogP contribution in [0.3, 0.4) is 0 Å². The van der Waals surface area contributed by atoms with Crippen molar-refractivity contribution in [3.63, 3.8) is 0 Å². The molecule has 2 aromatic carbocycles. The molecule has 0 saturated carbocycles. The van der Waals surface area contributed by atoms with Gasteiger partial charge in [0.15, 0.2) is 0 Å². The largest absolute Gasteiger partial charge is 0.497 e. The summed E-state index contributed by atoms with van der Waals surface area (Å²) in [5.41, 5.74) is 4.99. The lowest BCUT2D eigenvalue weighted by molar-refractivity contribution is 0.413. The van der Waals surface area contributed by atoms with Crippen molar-refractivity contribution < 1.29 is 4.74 Å². The van der Waals surface area contributed by atoms with E-state index in [2.05, 4.69) is 35.7 Å². The number of nitrogens with one attached hydrogen (secondary N) is 1. The lowest BCUT2D eigenvalue weighted by Crippen LogP contribution is -2.20. The van der Waals surface area contributed by atoms with E-state index in [1.807, 2.05) is 25.2 Å². The summed E-state index contributed by atoms with van der Waals surface area (Å²) in [4.78, 5) is 0. The number of ether oxygens (including phenoxy) is 1. The summed E-state index contributed by atoms with van der Waals surface area (Å²) in [5.74, 6) is 0.895. The Hall–Kier alpha value is -1.77. The summed E-state index contributed by atoms with van der Waals surface area (Å²) >= 11 is 5.99. The molecule has 1 unspecified atom stereocenters. The number of methoxy groups -OCH3 is 1. The molecule has 0 heterocycles. The van der Waals surface area contributed by atoms with Crippen LogP contribution in [0.4, 0.5) is 0 Å². The molecule has 0 bridgehead atoms. The molecule has 3 rings (SSSR count). The topological polar surface area (TPSA) is 21.3 Å². The molecule has 0 spiro atoms. The number of halogens is 1. The SMILES string of the molecule is CNC1CC=C(c2ccc(Cl)cc2)c2ccc(OC)cc21. The molecule has 0 amide bonds. The van der Waals surface area contributed by atoms with E-state index in [4.69, 9.17) is 16.3 Å². The van der Waals surface area contributed by atoms with Crippen molar-refractivity contribution in [1.29, 1.82) is 0 Å². The van der Waals surface area contributed by atoms with Gasteiger partial charge in [-0.25, -0.2) is 0 Å². The van der Waals surface area contributed by atoms with Crippen LogP contribution in [0.1, 0.15) is 29.2 Å². The summed E-state index contributed by atoms with van der Waals surface area (Å²) in [7, 11) is 3.70. The third kappa shape index (κ3) is 2.69. The van der Waals surface area contributed by atoms with E-state index in [0.29, 0.717) is 6.04 Å². The zero-order chi connectivity index (χ0) is 14.8. The summed E-state index contributed by atoms with van der Waals surface area (Å²) in [5, 5.41) is 4.13. The van der Waals surface area contributed by atoms with Crippen LogP contribution in [0.25, 0.3) is 5.57 Å². The molecule has 0 saturated heterocycles. The molecule has 2 aromatic rings. The van der Waals surface area contributed by atoms with Gasteiger partial charge in [0.05, 0.1) is 7.11 Å². The van der Waals surface area contributed by atoms with Crippen LogP contribution in [0.5, 0.6) is 5.75 Å². The van der Waals surface area contributed by atoms with E-state index in [9.17, 15) is 0 Å². The number of rotatable bonds is 3. The second kappa shape index (κ2) is 5.92. The van der Waals surface area contributed by atoms with Crippen LogP contribution in [-0.4, -0.2) is 14.2 Å². The van der Waals surface area contributed by atoms with Gasteiger partial charge in [-0.3, -0.25) is 0 Å². The van der Waals surface area contributed by atoms with Gasteiger partial charge in [0, 0.05) is 11.1 Å². The lowest BCUT2D eigenvalue weighted by atomic mass is 9.84. The zero-order valence-electron chi connectivity index (χ0n) is 12.2. The molecular weight excluding hydrogens is 282 g/mol. The number of hydrogen-bond acceptors (Lipinski definition) is 2. The van der Waals surface area contributed by atoms with E-state index in [1.54, 1.807) is 7.11 Å². The fraction of sp³-hybridized carbons (Fsp3) is 0.222. The van der Waals surface area contributed by atoms with E-state index in [1.165, 1.54) is 22.3 Å². The standard InChI is InChI=1S/C18H18ClNO/c1-20-18-10-9-15(12-3-5-13(19)6-4-12)16-8-7-14(21-2)11-17(16)18/h3-9,11,18,20H,10H2,1-2H3. The van der Waals surface area contributed by atoms with Gasteiger partial charge in [-0.15, -0.1) is 0 Å². The minimum absolute atomic E-state index is 0.325. The fourth-order valence-electron chi connectivity index (χ4n) is 2.85. The maximum atomic E-state index is 5.99. The lowest BCUT2D eigenvalue weighted by Gasteiger charge is -2.26. The van der Waals surface area contributed by atoms with Crippen molar-refractivity contribution in [2.24, 2.45) is 0 Å². The van der Waals surface area contributed by atoms with Crippen molar-refractivity contribution in [3.05, 3.63) is 70.3 Å². The number of fused-ring (bicyclic) bond motifs is 1. The molecule has 1 aliphatic carbocycles. The Kier molecular flexibility index (Phi) is 4.00. The average molecular weight is 300 g/mol. The van der Waals surface area contributed by atoms with Crippen LogP contribution in [0, 0.1) is 0 Å². The highest BCUT2D eigenvalue weighted by Gasteiger charge is 2.21. The van der Waals surface area contributed by atoms with Gasteiger partial charge < -0.3 is 10.1 Å². The zero-order valence-corrected chi connectivity index (χ0v) is 12.9. The van der Waals surface area contributed by atoms with Gasteiger partial charge in [-0.2, -0.15) is 0 Å². The molecule has 3 heteroatoms. The summed E-state index contributed by atoms with van der Waals surface area (Å²) in [6, 6.07) is 14.6. The number of benzene rings is 2. The molecule has 0 fully saturated rings. The highest BCUT2D eigenvalue weighted by Crippen LogP contribution is 2.38. The minimum atomic E-state index is 0.325. The first-order valence-corrected chi connectivity index (χ1v) is 7.42. The van der Waals surface area contributed by atoms with Crippen LogP contribution in [-0.2, 0) is 0 Å². The summed E-state index contributed by atoms with van der Waals surface area (Å²) < 4.78 is 5.37. The van der Waals surface area contributed by atoms with E-state index in [-0.39, 0.29) is 0 Å². The molecule has 1 atom stereocenters. The molecule has 0 radical (unpaired) electrons. The average Bonchev–Trinajstić information content (AvgIpc) is 2.54. The Bertz CT molecular complexity index is 676. The molecule has 0 aliphatic heterocycles. The molecule has 1 aliphatic rings. The second-order valence-electron chi connectivity index (χ2n) is 5.15. The van der Waals surface area contributed by atoms with Gasteiger partial charge in [-0.1, -0.05) is 35.9 Å². The van der Waals surface area contributed by atoms with Gasteiger partial charge in [0.2, 0.25) is 0 Å². The molecular formula is C18H18ClNO. The summed E-state index contributed by atoms with van der Waals surface area (Å²) in [6.07, 6.45) is 3.26. The Morgan fingerprint density at radius 2 is 1.90 bits per heavy atom. The maximum Gasteiger partial charge on any atom is 0.119 e. The maximum absolute atomic E-state index is 5.99. The summed E-state index contributed by atoms with van der Waals surface area (Å²) in [6.45, 7) is 0. The van der Waals surface area contributed by atoms with Gasteiger partial charge in [-0.05, 0) is 60.0 Å². The van der Waals surface area contributed by atoms with Crippen LogP contribution in [0.2, 0.25) is 5.02 Å². The first-order valence-electron chi connectivity index (χ1n) is 7.04. The van der Waals surface area contributed by atoms with E-state index >= 15 is 0 Å². The Morgan fingerprint density at radius 3 is 2.57 bits per heavy atom. The first-order chi connectivity index (χ1) is 10.2. The molecule has 0 aromatic heterocycles. The smallest absolute Gasteiger partial charge is 0.119 e. The van der Waals surface area contributed by atoms with Crippen LogP contribution < -0.4 is 10.1 Å². The van der Waals surface area contributed by atoms with Crippen molar-refractivity contribution in [2.75, 3.05) is 14.2 Å². The van der Waals surface area contributed by atoms with Crippen molar-refractivity contribution in [1.82, 2.24) is 5.32 Å².